The van der Waals surface area contributed by atoms with Crippen LogP contribution in [0.15, 0.2) is 4.52 Å². The van der Waals surface area contributed by atoms with Crippen LogP contribution in [-0.2, 0) is 19.5 Å². The number of carbonyl (C=O) groups is 1. The quantitative estimate of drug-likeness (QED) is 0.828. The second-order valence-electron chi connectivity index (χ2n) is 7.26. The number of aromatic nitrogens is 4. The number of amides is 1. The van der Waals surface area contributed by atoms with Crippen LogP contribution in [0.2, 0.25) is 0 Å². The molecule has 2 aliphatic rings. The van der Waals surface area contributed by atoms with E-state index in [-0.39, 0.29) is 5.91 Å². The summed E-state index contributed by atoms with van der Waals surface area (Å²) in [7, 11) is 0. The van der Waals surface area contributed by atoms with Crippen molar-refractivity contribution in [3.63, 3.8) is 0 Å². The number of piperazine rings is 1. The molecule has 1 amide bonds. The van der Waals surface area contributed by atoms with Crippen molar-refractivity contribution in [3.8, 4) is 0 Å². The Balaban J connectivity index is 1.37. The minimum Gasteiger partial charge on any atom is -0.361 e. The van der Waals surface area contributed by atoms with E-state index in [4.69, 9.17) is 4.52 Å². The lowest BCUT2D eigenvalue weighted by atomic mass is 10.1. The predicted molar refractivity (Wildman–Crippen MR) is 94.7 cm³/mol. The molecule has 26 heavy (non-hydrogen) atoms. The van der Waals surface area contributed by atoms with Gasteiger partial charge in [-0.2, -0.15) is 0 Å². The van der Waals surface area contributed by atoms with Gasteiger partial charge in [-0.05, 0) is 26.7 Å². The van der Waals surface area contributed by atoms with Crippen LogP contribution in [0.5, 0.6) is 0 Å². The summed E-state index contributed by atoms with van der Waals surface area (Å²) in [6, 6.07) is 0. The summed E-state index contributed by atoms with van der Waals surface area (Å²) in [4.78, 5) is 17.0. The lowest BCUT2D eigenvalue weighted by Gasteiger charge is -2.34. The summed E-state index contributed by atoms with van der Waals surface area (Å²) in [5, 5.41) is 12.7. The molecule has 4 heterocycles. The first-order valence-corrected chi connectivity index (χ1v) is 9.49. The minimum atomic E-state index is 0.0252. The van der Waals surface area contributed by atoms with E-state index in [0.717, 1.165) is 44.2 Å². The largest absolute Gasteiger partial charge is 0.361 e. The standard InChI is InChI=1S/C18H26N6O2/c1-13-17(14(2)26-21-13)18(25)23-10-8-22(9-11-23)12-16-20-19-15-6-4-3-5-7-24(15)16/h3-12H2,1-2H3. The van der Waals surface area contributed by atoms with E-state index in [1.54, 1.807) is 6.92 Å². The highest BCUT2D eigenvalue weighted by Crippen LogP contribution is 2.18. The van der Waals surface area contributed by atoms with Crippen molar-refractivity contribution < 1.29 is 9.32 Å². The van der Waals surface area contributed by atoms with Gasteiger partial charge in [-0.25, -0.2) is 0 Å². The molecule has 1 saturated heterocycles. The van der Waals surface area contributed by atoms with Gasteiger partial charge in [0.25, 0.3) is 5.91 Å². The van der Waals surface area contributed by atoms with E-state index in [1.807, 2.05) is 11.8 Å². The minimum absolute atomic E-state index is 0.0252. The van der Waals surface area contributed by atoms with Gasteiger partial charge in [-0.1, -0.05) is 11.6 Å². The molecule has 140 valence electrons. The molecule has 0 spiro atoms. The number of rotatable bonds is 3. The highest BCUT2D eigenvalue weighted by Gasteiger charge is 2.27. The Labute approximate surface area is 153 Å². The fourth-order valence-corrected chi connectivity index (χ4v) is 3.92. The number of nitrogens with zero attached hydrogens (tertiary/aromatic N) is 6. The van der Waals surface area contributed by atoms with Crippen LogP contribution in [0.25, 0.3) is 0 Å². The SMILES string of the molecule is Cc1noc(C)c1C(=O)N1CCN(Cc2nnc3n2CCCCC3)CC1. The van der Waals surface area contributed by atoms with Gasteiger partial charge in [-0.15, -0.1) is 10.2 Å². The highest BCUT2D eigenvalue weighted by atomic mass is 16.5. The lowest BCUT2D eigenvalue weighted by Crippen LogP contribution is -2.48. The number of hydrogen-bond donors (Lipinski definition) is 0. The van der Waals surface area contributed by atoms with Crippen LogP contribution < -0.4 is 0 Å². The van der Waals surface area contributed by atoms with Gasteiger partial charge in [0.2, 0.25) is 0 Å². The van der Waals surface area contributed by atoms with Gasteiger partial charge >= 0.3 is 0 Å². The second-order valence-corrected chi connectivity index (χ2v) is 7.26. The Morgan fingerprint density at radius 1 is 1.04 bits per heavy atom. The molecule has 0 radical (unpaired) electrons. The van der Waals surface area contributed by atoms with Crippen molar-refractivity contribution in [2.45, 2.75) is 52.6 Å². The first-order valence-electron chi connectivity index (χ1n) is 9.49. The third kappa shape index (κ3) is 3.25. The molecular formula is C18H26N6O2. The Morgan fingerprint density at radius 3 is 2.58 bits per heavy atom. The topological polar surface area (TPSA) is 80.3 Å². The molecule has 8 nitrogen and oxygen atoms in total. The van der Waals surface area contributed by atoms with Crippen molar-refractivity contribution >= 4 is 5.91 Å². The molecule has 0 aliphatic carbocycles. The first kappa shape index (κ1) is 17.2. The Kier molecular flexibility index (Phi) is 4.76. The van der Waals surface area contributed by atoms with Gasteiger partial charge in [0.05, 0.1) is 12.2 Å². The first-order chi connectivity index (χ1) is 12.6. The molecule has 8 heteroatoms. The molecule has 2 aliphatic heterocycles. The molecule has 0 aromatic carbocycles. The summed E-state index contributed by atoms with van der Waals surface area (Å²) in [5.74, 6) is 2.82. The molecular weight excluding hydrogens is 332 g/mol. The Hall–Kier alpha value is -2.22. The zero-order valence-electron chi connectivity index (χ0n) is 15.6. The van der Waals surface area contributed by atoms with Crippen LogP contribution in [0.1, 0.15) is 52.7 Å². The number of hydrogen-bond acceptors (Lipinski definition) is 6. The molecule has 2 aromatic rings. The van der Waals surface area contributed by atoms with E-state index in [1.165, 1.54) is 19.3 Å². The molecule has 0 N–H and O–H groups in total. The average molecular weight is 358 g/mol. The third-order valence-corrected chi connectivity index (χ3v) is 5.46. The smallest absolute Gasteiger partial charge is 0.259 e. The summed E-state index contributed by atoms with van der Waals surface area (Å²) in [6.45, 7) is 8.56. The second kappa shape index (κ2) is 7.19. The number of fused-ring (bicyclic) bond motifs is 1. The summed E-state index contributed by atoms with van der Waals surface area (Å²) in [6.07, 6.45) is 4.72. The number of aryl methyl sites for hydroxylation is 3. The van der Waals surface area contributed by atoms with Gasteiger partial charge in [0.1, 0.15) is 23.0 Å². The van der Waals surface area contributed by atoms with Crippen LogP contribution in [0, 0.1) is 13.8 Å². The average Bonchev–Trinajstić information content (AvgIpc) is 3.08. The lowest BCUT2D eigenvalue weighted by molar-refractivity contribution is 0.0621. The maximum Gasteiger partial charge on any atom is 0.259 e. The van der Waals surface area contributed by atoms with E-state index < -0.39 is 0 Å². The van der Waals surface area contributed by atoms with Crippen LogP contribution in [0.3, 0.4) is 0 Å². The Bertz CT molecular complexity index is 768. The summed E-state index contributed by atoms with van der Waals surface area (Å²) in [5.41, 5.74) is 1.28. The van der Waals surface area contributed by atoms with Crippen molar-refractivity contribution in [1.29, 1.82) is 0 Å². The maximum absolute atomic E-state index is 12.7. The fraction of sp³-hybridized carbons (Fsp3) is 0.667. The van der Waals surface area contributed by atoms with E-state index in [2.05, 4.69) is 24.8 Å². The summed E-state index contributed by atoms with van der Waals surface area (Å²) >= 11 is 0. The van der Waals surface area contributed by atoms with Crippen LogP contribution in [-0.4, -0.2) is 61.8 Å². The van der Waals surface area contributed by atoms with Gasteiger partial charge in [0.15, 0.2) is 0 Å². The summed E-state index contributed by atoms with van der Waals surface area (Å²) < 4.78 is 7.44. The normalized spacial score (nSPS) is 18.6. The van der Waals surface area contributed by atoms with E-state index in [0.29, 0.717) is 30.1 Å². The predicted octanol–water partition coefficient (Wildman–Crippen LogP) is 1.57. The maximum atomic E-state index is 12.7. The van der Waals surface area contributed by atoms with E-state index in [9.17, 15) is 4.79 Å². The van der Waals surface area contributed by atoms with Crippen molar-refractivity contribution in [3.05, 3.63) is 28.7 Å². The molecule has 4 rings (SSSR count). The van der Waals surface area contributed by atoms with Gasteiger partial charge < -0.3 is 14.0 Å². The molecule has 1 fully saturated rings. The molecule has 0 atom stereocenters. The molecule has 0 bridgehead atoms. The fourth-order valence-electron chi connectivity index (χ4n) is 3.92. The van der Waals surface area contributed by atoms with Gasteiger partial charge in [-0.3, -0.25) is 9.69 Å². The van der Waals surface area contributed by atoms with Crippen molar-refractivity contribution in [1.82, 2.24) is 29.7 Å². The Morgan fingerprint density at radius 2 is 1.85 bits per heavy atom. The zero-order chi connectivity index (χ0) is 18.1. The highest BCUT2D eigenvalue weighted by molar-refractivity contribution is 5.96. The number of carbonyl (C=O) groups excluding carboxylic acids is 1. The van der Waals surface area contributed by atoms with Crippen molar-refractivity contribution in [2.24, 2.45) is 0 Å². The van der Waals surface area contributed by atoms with Gasteiger partial charge in [0, 0.05) is 39.1 Å². The van der Waals surface area contributed by atoms with Crippen molar-refractivity contribution in [2.75, 3.05) is 26.2 Å². The third-order valence-electron chi connectivity index (χ3n) is 5.46. The van der Waals surface area contributed by atoms with E-state index >= 15 is 0 Å². The molecule has 0 unspecified atom stereocenters. The molecule has 2 aromatic heterocycles. The monoisotopic (exact) mass is 358 g/mol. The molecule has 0 saturated carbocycles. The van der Waals surface area contributed by atoms with Crippen LogP contribution >= 0.6 is 0 Å². The zero-order valence-corrected chi connectivity index (χ0v) is 15.6. The van der Waals surface area contributed by atoms with Crippen LogP contribution in [0.4, 0.5) is 0 Å².